The van der Waals surface area contributed by atoms with Gasteiger partial charge in [0.1, 0.15) is 0 Å². The molecular formula is C16H26N2. The van der Waals surface area contributed by atoms with Crippen LogP contribution in [0.5, 0.6) is 0 Å². The number of rotatable bonds is 4. The van der Waals surface area contributed by atoms with E-state index in [2.05, 4.69) is 37.3 Å². The van der Waals surface area contributed by atoms with Crippen molar-refractivity contribution in [2.24, 2.45) is 11.8 Å². The predicted molar refractivity (Wildman–Crippen MR) is 77.2 cm³/mol. The third-order valence-electron chi connectivity index (χ3n) is 4.56. The molecule has 1 aliphatic rings. The van der Waals surface area contributed by atoms with Crippen molar-refractivity contribution < 1.29 is 0 Å². The first-order valence-corrected chi connectivity index (χ1v) is 7.14. The second kappa shape index (κ2) is 5.85. The summed E-state index contributed by atoms with van der Waals surface area (Å²) in [7, 11) is 1.96. The minimum atomic E-state index is 0.362. The van der Waals surface area contributed by atoms with Gasteiger partial charge >= 0.3 is 0 Å². The zero-order valence-electron chi connectivity index (χ0n) is 11.7. The molecule has 2 heteroatoms. The Balaban J connectivity index is 2.17. The van der Waals surface area contributed by atoms with Crippen LogP contribution in [0.15, 0.2) is 30.3 Å². The highest BCUT2D eigenvalue weighted by Gasteiger charge is 2.35. The summed E-state index contributed by atoms with van der Waals surface area (Å²) < 4.78 is 0. The van der Waals surface area contributed by atoms with Crippen molar-refractivity contribution in [3.05, 3.63) is 35.9 Å². The monoisotopic (exact) mass is 246 g/mol. The van der Waals surface area contributed by atoms with E-state index in [0.717, 1.165) is 12.5 Å². The van der Waals surface area contributed by atoms with Crippen molar-refractivity contribution in [2.45, 2.75) is 44.4 Å². The van der Waals surface area contributed by atoms with Gasteiger partial charge in [-0.3, -0.25) is 10.9 Å². The van der Waals surface area contributed by atoms with Crippen LogP contribution in [0.2, 0.25) is 0 Å². The lowest BCUT2D eigenvalue weighted by Gasteiger charge is -2.40. The van der Waals surface area contributed by atoms with Crippen molar-refractivity contribution in [1.82, 2.24) is 5.01 Å². The van der Waals surface area contributed by atoms with Crippen LogP contribution in [-0.2, 0) is 5.41 Å². The normalized spacial score (nSPS) is 28.6. The molecule has 0 atom stereocenters. The molecular weight excluding hydrogens is 220 g/mol. The summed E-state index contributed by atoms with van der Waals surface area (Å²) in [4.78, 5) is 0. The van der Waals surface area contributed by atoms with E-state index in [1.807, 2.05) is 12.1 Å². The molecule has 0 bridgehead atoms. The van der Waals surface area contributed by atoms with Crippen molar-refractivity contribution in [3.8, 4) is 0 Å². The summed E-state index contributed by atoms with van der Waals surface area (Å²) in [6.07, 6.45) is 6.50. The number of hydrogen-bond donors (Lipinski definition) is 1. The highest BCUT2D eigenvalue weighted by atomic mass is 15.4. The summed E-state index contributed by atoms with van der Waals surface area (Å²) in [6, 6.07) is 11.0. The number of benzene rings is 1. The topological polar surface area (TPSA) is 29.3 Å². The summed E-state index contributed by atoms with van der Waals surface area (Å²) in [6.45, 7) is 3.35. The van der Waals surface area contributed by atoms with E-state index >= 15 is 0 Å². The van der Waals surface area contributed by atoms with Gasteiger partial charge in [-0.2, -0.15) is 0 Å². The molecule has 2 N–H and O–H groups in total. The fourth-order valence-electron chi connectivity index (χ4n) is 3.18. The Morgan fingerprint density at radius 1 is 1.22 bits per heavy atom. The molecule has 1 aliphatic carbocycles. The molecule has 0 aliphatic heterocycles. The molecule has 100 valence electrons. The Labute approximate surface area is 111 Å². The van der Waals surface area contributed by atoms with Gasteiger partial charge in [-0.15, -0.1) is 0 Å². The largest absolute Gasteiger partial charge is 0.269 e. The van der Waals surface area contributed by atoms with Crippen LogP contribution in [0.3, 0.4) is 0 Å². The van der Waals surface area contributed by atoms with Crippen molar-refractivity contribution in [2.75, 3.05) is 13.6 Å². The first kappa shape index (κ1) is 13.6. The molecule has 1 saturated carbocycles. The van der Waals surface area contributed by atoms with Crippen LogP contribution in [0.25, 0.3) is 0 Å². The van der Waals surface area contributed by atoms with E-state index < -0.39 is 0 Å². The van der Waals surface area contributed by atoms with Crippen LogP contribution in [0.4, 0.5) is 0 Å². The van der Waals surface area contributed by atoms with Crippen LogP contribution in [0, 0.1) is 5.92 Å². The maximum atomic E-state index is 5.81. The van der Waals surface area contributed by atoms with E-state index in [1.54, 1.807) is 0 Å². The smallest absolute Gasteiger partial charge is 0.0133 e. The molecule has 1 fully saturated rings. The van der Waals surface area contributed by atoms with Gasteiger partial charge in [-0.1, -0.05) is 37.3 Å². The number of nitrogens with two attached hydrogens (primary N) is 1. The molecule has 0 unspecified atom stereocenters. The summed E-state index contributed by atoms with van der Waals surface area (Å²) in [5.41, 5.74) is 1.88. The Hall–Kier alpha value is -0.860. The van der Waals surface area contributed by atoms with Gasteiger partial charge < -0.3 is 0 Å². The molecule has 2 rings (SSSR count). The Bertz CT molecular complexity index is 351. The van der Waals surface area contributed by atoms with Crippen molar-refractivity contribution >= 4 is 0 Å². The van der Waals surface area contributed by atoms with Gasteiger partial charge in [0, 0.05) is 13.6 Å². The van der Waals surface area contributed by atoms with E-state index in [1.165, 1.54) is 37.7 Å². The zero-order chi connectivity index (χ0) is 13.0. The quantitative estimate of drug-likeness (QED) is 0.652. The molecule has 1 aromatic rings. The second-order valence-corrected chi connectivity index (χ2v) is 6.06. The van der Waals surface area contributed by atoms with Crippen LogP contribution < -0.4 is 5.84 Å². The summed E-state index contributed by atoms with van der Waals surface area (Å²) in [5.74, 6) is 6.69. The van der Waals surface area contributed by atoms with E-state index in [9.17, 15) is 0 Å². The Morgan fingerprint density at radius 2 is 1.83 bits per heavy atom. The average Bonchev–Trinajstić information content (AvgIpc) is 2.39. The first-order chi connectivity index (χ1) is 8.62. The Kier molecular flexibility index (Phi) is 4.41. The SMILES string of the molecule is CC1CCC(CCN(C)N)(c2ccccc2)CC1. The average molecular weight is 246 g/mol. The van der Waals surface area contributed by atoms with Gasteiger partial charge in [0.2, 0.25) is 0 Å². The minimum absolute atomic E-state index is 0.362. The third-order valence-corrected chi connectivity index (χ3v) is 4.56. The van der Waals surface area contributed by atoms with Crippen LogP contribution in [-0.4, -0.2) is 18.6 Å². The molecule has 0 spiro atoms. The molecule has 0 heterocycles. The fourth-order valence-corrected chi connectivity index (χ4v) is 3.18. The van der Waals surface area contributed by atoms with Crippen LogP contribution in [0.1, 0.15) is 44.6 Å². The number of hydrogen-bond acceptors (Lipinski definition) is 2. The maximum absolute atomic E-state index is 5.81. The Morgan fingerprint density at radius 3 is 2.39 bits per heavy atom. The lowest BCUT2D eigenvalue weighted by atomic mass is 9.65. The fraction of sp³-hybridized carbons (Fsp3) is 0.625. The van der Waals surface area contributed by atoms with Crippen molar-refractivity contribution in [1.29, 1.82) is 0 Å². The van der Waals surface area contributed by atoms with Gasteiger partial charge in [-0.25, -0.2) is 0 Å². The third kappa shape index (κ3) is 3.12. The van der Waals surface area contributed by atoms with E-state index in [-0.39, 0.29) is 0 Å². The van der Waals surface area contributed by atoms with Gasteiger partial charge in [0.15, 0.2) is 0 Å². The molecule has 2 nitrogen and oxygen atoms in total. The number of hydrazine groups is 1. The molecule has 0 aromatic heterocycles. The summed E-state index contributed by atoms with van der Waals surface area (Å²) in [5, 5.41) is 1.82. The standard InChI is InChI=1S/C16H26N2/c1-14-8-10-16(11-9-14,12-13-18(2)17)15-6-4-3-5-7-15/h3-7,14H,8-13,17H2,1-2H3. The first-order valence-electron chi connectivity index (χ1n) is 7.14. The zero-order valence-corrected chi connectivity index (χ0v) is 11.7. The van der Waals surface area contributed by atoms with Crippen molar-refractivity contribution in [3.63, 3.8) is 0 Å². The highest BCUT2D eigenvalue weighted by molar-refractivity contribution is 5.26. The number of nitrogens with zero attached hydrogens (tertiary/aromatic N) is 1. The lowest BCUT2D eigenvalue weighted by Crippen LogP contribution is -2.37. The molecule has 18 heavy (non-hydrogen) atoms. The maximum Gasteiger partial charge on any atom is 0.0133 e. The highest BCUT2D eigenvalue weighted by Crippen LogP contribution is 2.43. The molecule has 0 saturated heterocycles. The minimum Gasteiger partial charge on any atom is -0.269 e. The van der Waals surface area contributed by atoms with Crippen LogP contribution >= 0.6 is 0 Å². The van der Waals surface area contributed by atoms with E-state index in [0.29, 0.717) is 5.41 Å². The predicted octanol–water partition coefficient (Wildman–Crippen LogP) is 3.33. The second-order valence-electron chi connectivity index (χ2n) is 6.06. The lowest BCUT2D eigenvalue weighted by molar-refractivity contribution is 0.199. The summed E-state index contributed by atoms with van der Waals surface area (Å²) >= 11 is 0. The molecule has 0 amide bonds. The molecule has 1 aromatic carbocycles. The van der Waals surface area contributed by atoms with E-state index in [4.69, 9.17) is 5.84 Å². The molecule has 0 radical (unpaired) electrons. The van der Waals surface area contributed by atoms with Gasteiger partial charge in [0.05, 0.1) is 0 Å². The van der Waals surface area contributed by atoms with Gasteiger partial charge in [0.25, 0.3) is 0 Å². The van der Waals surface area contributed by atoms with Gasteiger partial charge in [-0.05, 0) is 49.0 Å².